The van der Waals surface area contributed by atoms with Crippen molar-refractivity contribution in [2.45, 2.75) is 31.2 Å². The molecule has 0 aliphatic carbocycles. The first kappa shape index (κ1) is 16.7. The Morgan fingerprint density at radius 2 is 2.25 bits per heavy atom. The highest BCUT2D eigenvalue weighted by Gasteiger charge is 2.20. The first-order valence-electron chi connectivity index (χ1n) is 7.39. The van der Waals surface area contributed by atoms with Gasteiger partial charge in [0.2, 0.25) is 11.1 Å². The Kier molecular flexibility index (Phi) is 4.72. The number of carbonyl (C=O) groups is 1. The minimum Gasteiger partial charge on any atom is -0.322 e. The van der Waals surface area contributed by atoms with Gasteiger partial charge in [-0.3, -0.25) is 14.6 Å². The number of carbonyl (C=O) groups excluding carboxylic acids is 1. The van der Waals surface area contributed by atoms with E-state index in [-0.39, 0.29) is 11.2 Å². The topological polar surface area (TPSA) is 88.5 Å². The summed E-state index contributed by atoms with van der Waals surface area (Å²) in [5.74, 6) is 0.626. The van der Waals surface area contributed by atoms with E-state index in [2.05, 4.69) is 25.6 Å². The average molecular weight is 362 g/mol. The molecule has 24 heavy (non-hydrogen) atoms. The highest BCUT2D eigenvalue weighted by atomic mass is 32.2. The fraction of sp³-hybridized carbons (Fsp3) is 0.333. The zero-order valence-electron chi connectivity index (χ0n) is 13.8. The van der Waals surface area contributed by atoms with Crippen molar-refractivity contribution in [2.75, 3.05) is 5.32 Å². The van der Waals surface area contributed by atoms with Gasteiger partial charge in [-0.05, 0) is 32.2 Å². The molecular weight excluding hydrogens is 344 g/mol. The lowest BCUT2D eigenvalue weighted by atomic mass is 10.3. The second-order valence-electron chi connectivity index (χ2n) is 5.36. The van der Waals surface area contributed by atoms with Crippen LogP contribution in [0.4, 0.5) is 5.69 Å². The van der Waals surface area contributed by atoms with Crippen LogP contribution in [0.5, 0.6) is 0 Å². The molecule has 0 fully saturated rings. The normalized spacial score (nSPS) is 12.3. The molecule has 0 aliphatic heterocycles. The Hall–Kier alpha value is -2.13. The fourth-order valence-corrected chi connectivity index (χ4v) is 3.60. The van der Waals surface area contributed by atoms with Crippen molar-refractivity contribution >= 4 is 34.7 Å². The minimum atomic E-state index is -0.323. The maximum Gasteiger partial charge on any atom is 0.237 e. The van der Waals surface area contributed by atoms with Crippen LogP contribution in [-0.4, -0.2) is 36.1 Å². The monoisotopic (exact) mass is 362 g/mol. The molecule has 0 saturated carbocycles. The molecule has 126 valence electrons. The Bertz CT molecular complexity index is 852. The third-order valence-corrected chi connectivity index (χ3v) is 5.47. The van der Waals surface area contributed by atoms with Gasteiger partial charge in [0.15, 0.2) is 5.82 Å². The third-order valence-electron chi connectivity index (χ3n) is 3.63. The Balaban J connectivity index is 1.66. The van der Waals surface area contributed by atoms with Gasteiger partial charge in [0.25, 0.3) is 0 Å². The molecule has 2 N–H and O–H groups in total. The number of thioether (sulfide) groups is 1. The maximum atomic E-state index is 12.4. The number of rotatable bonds is 5. The van der Waals surface area contributed by atoms with Gasteiger partial charge in [0.1, 0.15) is 0 Å². The highest BCUT2D eigenvalue weighted by molar-refractivity contribution is 8.00. The van der Waals surface area contributed by atoms with Gasteiger partial charge in [-0.2, -0.15) is 5.10 Å². The van der Waals surface area contributed by atoms with Crippen molar-refractivity contribution < 1.29 is 4.79 Å². The van der Waals surface area contributed by atoms with Crippen molar-refractivity contribution in [2.24, 2.45) is 7.05 Å². The molecule has 1 atom stereocenters. The molecule has 3 rings (SSSR count). The van der Waals surface area contributed by atoms with Crippen LogP contribution >= 0.6 is 23.1 Å². The summed E-state index contributed by atoms with van der Waals surface area (Å²) < 4.78 is 1.76. The molecule has 1 amide bonds. The summed E-state index contributed by atoms with van der Waals surface area (Å²) in [6.07, 6.45) is 0. The van der Waals surface area contributed by atoms with Gasteiger partial charge in [-0.15, -0.1) is 16.4 Å². The van der Waals surface area contributed by atoms with Crippen LogP contribution in [0.25, 0.3) is 10.7 Å². The minimum absolute atomic E-state index is 0.0957. The molecule has 0 bridgehead atoms. The van der Waals surface area contributed by atoms with Crippen LogP contribution in [-0.2, 0) is 11.8 Å². The van der Waals surface area contributed by atoms with Crippen molar-refractivity contribution in [3.8, 4) is 10.7 Å². The van der Waals surface area contributed by atoms with E-state index in [0.29, 0.717) is 5.16 Å². The SMILES string of the molecule is Cc1nn(C)c(C)c1NC(=O)[C@@H](C)Sc1n[nH]c(-c2cccs2)n1. The largest absolute Gasteiger partial charge is 0.322 e. The van der Waals surface area contributed by atoms with Crippen LogP contribution in [0.1, 0.15) is 18.3 Å². The molecule has 7 nitrogen and oxygen atoms in total. The second-order valence-corrected chi connectivity index (χ2v) is 7.62. The van der Waals surface area contributed by atoms with E-state index in [9.17, 15) is 4.79 Å². The quantitative estimate of drug-likeness (QED) is 0.681. The number of thiophene rings is 1. The molecule has 3 heterocycles. The van der Waals surface area contributed by atoms with Crippen molar-refractivity contribution in [1.82, 2.24) is 25.0 Å². The van der Waals surface area contributed by atoms with Gasteiger partial charge in [0, 0.05) is 7.05 Å². The van der Waals surface area contributed by atoms with Gasteiger partial charge in [0.05, 0.1) is 27.2 Å². The van der Waals surface area contributed by atoms with Gasteiger partial charge in [-0.25, -0.2) is 4.98 Å². The zero-order chi connectivity index (χ0) is 17.3. The highest BCUT2D eigenvalue weighted by Crippen LogP contribution is 2.26. The first-order valence-corrected chi connectivity index (χ1v) is 9.15. The third kappa shape index (κ3) is 3.36. The standard InChI is InChI=1S/C15H18N6OS2/c1-8-12(9(2)21(4)20-8)16-14(22)10(3)24-15-17-13(18-19-15)11-6-5-7-23-11/h5-7,10H,1-4H3,(H,16,22)(H,17,18,19)/t10-/m1/s1. The lowest BCUT2D eigenvalue weighted by Crippen LogP contribution is -2.23. The number of anilines is 1. The number of hydrogen-bond acceptors (Lipinski definition) is 6. The number of aromatic nitrogens is 5. The molecule has 0 aromatic carbocycles. The summed E-state index contributed by atoms with van der Waals surface area (Å²) in [5, 5.41) is 16.6. The van der Waals surface area contributed by atoms with Crippen LogP contribution in [0.2, 0.25) is 0 Å². The summed E-state index contributed by atoms with van der Waals surface area (Å²) in [6, 6.07) is 3.94. The number of H-pyrrole nitrogens is 1. The first-order chi connectivity index (χ1) is 11.5. The Morgan fingerprint density at radius 1 is 1.46 bits per heavy atom. The summed E-state index contributed by atoms with van der Waals surface area (Å²) in [5.41, 5.74) is 2.50. The Morgan fingerprint density at radius 3 is 2.88 bits per heavy atom. The molecule has 0 spiro atoms. The molecular formula is C15H18N6OS2. The molecule has 9 heteroatoms. The van der Waals surface area contributed by atoms with Crippen LogP contribution in [0, 0.1) is 13.8 Å². The number of aryl methyl sites for hydroxylation is 2. The van der Waals surface area contributed by atoms with E-state index in [0.717, 1.165) is 27.8 Å². The van der Waals surface area contributed by atoms with Crippen LogP contribution in [0.15, 0.2) is 22.7 Å². The van der Waals surface area contributed by atoms with Crippen LogP contribution < -0.4 is 5.32 Å². The summed E-state index contributed by atoms with van der Waals surface area (Å²) >= 11 is 2.91. The molecule has 0 aliphatic rings. The lowest BCUT2D eigenvalue weighted by molar-refractivity contribution is -0.115. The predicted octanol–water partition coefficient (Wildman–Crippen LogP) is 3.00. The summed E-state index contributed by atoms with van der Waals surface area (Å²) in [6.45, 7) is 5.64. The van der Waals surface area contributed by atoms with Crippen LogP contribution in [0.3, 0.4) is 0 Å². The van der Waals surface area contributed by atoms with E-state index in [1.165, 1.54) is 11.8 Å². The molecule has 0 saturated heterocycles. The zero-order valence-corrected chi connectivity index (χ0v) is 15.5. The number of nitrogens with zero attached hydrogens (tertiary/aromatic N) is 4. The summed E-state index contributed by atoms with van der Waals surface area (Å²) in [7, 11) is 1.86. The van der Waals surface area contributed by atoms with E-state index in [1.807, 2.05) is 45.3 Å². The summed E-state index contributed by atoms with van der Waals surface area (Å²) in [4.78, 5) is 17.9. The van der Waals surface area contributed by atoms with E-state index < -0.39 is 0 Å². The van der Waals surface area contributed by atoms with Gasteiger partial charge < -0.3 is 5.32 Å². The maximum absolute atomic E-state index is 12.4. The lowest BCUT2D eigenvalue weighted by Gasteiger charge is -2.10. The molecule has 3 aromatic rings. The predicted molar refractivity (Wildman–Crippen MR) is 96.3 cm³/mol. The average Bonchev–Trinajstić information content (AvgIpc) is 3.25. The number of aromatic amines is 1. The smallest absolute Gasteiger partial charge is 0.237 e. The van der Waals surface area contributed by atoms with E-state index in [4.69, 9.17) is 0 Å². The van der Waals surface area contributed by atoms with Gasteiger partial charge in [-0.1, -0.05) is 17.8 Å². The number of nitrogens with one attached hydrogen (secondary N) is 2. The number of hydrogen-bond donors (Lipinski definition) is 2. The van der Waals surface area contributed by atoms with Crippen molar-refractivity contribution in [1.29, 1.82) is 0 Å². The second kappa shape index (κ2) is 6.78. The molecule has 3 aromatic heterocycles. The molecule has 0 radical (unpaired) electrons. The number of amides is 1. The fourth-order valence-electron chi connectivity index (χ4n) is 2.21. The van der Waals surface area contributed by atoms with Crippen molar-refractivity contribution in [3.63, 3.8) is 0 Å². The Labute approximate surface area is 147 Å². The van der Waals surface area contributed by atoms with E-state index >= 15 is 0 Å². The van der Waals surface area contributed by atoms with Gasteiger partial charge >= 0.3 is 0 Å². The van der Waals surface area contributed by atoms with Crippen molar-refractivity contribution in [3.05, 3.63) is 28.9 Å². The van der Waals surface area contributed by atoms with E-state index in [1.54, 1.807) is 16.0 Å². The molecule has 0 unspecified atom stereocenters.